The average Bonchev–Trinajstić information content (AvgIpc) is 2.80. The number of nitrogens with zero attached hydrogens (tertiary/aromatic N) is 1. The molecule has 1 saturated heterocycles. The monoisotopic (exact) mass is 298 g/mol. The number of halogens is 2. The Morgan fingerprint density at radius 1 is 1.38 bits per heavy atom. The zero-order valence-corrected chi connectivity index (χ0v) is 12.1. The molecule has 116 valence electrons. The van der Waals surface area contributed by atoms with E-state index in [0.717, 1.165) is 18.9 Å². The van der Waals surface area contributed by atoms with Crippen LogP contribution in [0.2, 0.25) is 0 Å². The van der Waals surface area contributed by atoms with Crippen LogP contribution in [0, 0.1) is 11.6 Å². The number of nitrogens with one attached hydrogen (secondary N) is 1. The molecule has 1 heterocycles. The van der Waals surface area contributed by atoms with Crippen molar-refractivity contribution >= 4 is 5.91 Å². The SMILES string of the molecule is CCCCOCCN1C(=O)CNC1c1ccc(F)cc1F. The van der Waals surface area contributed by atoms with Crippen LogP contribution in [0.15, 0.2) is 18.2 Å². The van der Waals surface area contributed by atoms with Gasteiger partial charge in [0.2, 0.25) is 5.91 Å². The molecule has 2 rings (SSSR count). The van der Waals surface area contributed by atoms with Crippen LogP contribution in [0.3, 0.4) is 0 Å². The number of amides is 1. The van der Waals surface area contributed by atoms with E-state index in [-0.39, 0.29) is 18.0 Å². The van der Waals surface area contributed by atoms with Crippen LogP contribution >= 0.6 is 0 Å². The number of hydrogen-bond acceptors (Lipinski definition) is 3. The van der Waals surface area contributed by atoms with Gasteiger partial charge in [0.15, 0.2) is 0 Å². The molecule has 4 nitrogen and oxygen atoms in total. The van der Waals surface area contributed by atoms with Crippen molar-refractivity contribution in [2.45, 2.75) is 25.9 Å². The van der Waals surface area contributed by atoms with Gasteiger partial charge in [0.1, 0.15) is 17.8 Å². The molecule has 0 spiro atoms. The van der Waals surface area contributed by atoms with Gasteiger partial charge >= 0.3 is 0 Å². The molecule has 1 aromatic rings. The molecule has 0 radical (unpaired) electrons. The van der Waals surface area contributed by atoms with E-state index in [9.17, 15) is 13.6 Å². The topological polar surface area (TPSA) is 41.6 Å². The first-order valence-corrected chi connectivity index (χ1v) is 7.19. The molecule has 1 N–H and O–H groups in total. The van der Waals surface area contributed by atoms with E-state index in [0.29, 0.717) is 19.8 Å². The Morgan fingerprint density at radius 3 is 2.90 bits per heavy atom. The Hall–Kier alpha value is -1.53. The van der Waals surface area contributed by atoms with Crippen molar-refractivity contribution in [3.05, 3.63) is 35.4 Å². The van der Waals surface area contributed by atoms with Crippen LogP contribution in [0.5, 0.6) is 0 Å². The van der Waals surface area contributed by atoms with Gasteiger partial charge in [0.25, 0.3) is 0 Å². The Balaban J connectivity index is 1.99. The molecule has 1 aliphatic rings. The van der Waals surface area contributed by atoms with E-state index in [1.807, 2.05) is 0 Å². The number of rotatable bonds is 7. The maximum atomic E-state index is 13.8. The van der Waals surface area contributed by atoms with Crippen molar-refractivity contribution in [3.63, 3.8) is 0 Å². The minimum atomic E-state index is -0.654. The number of carbonyl (C=O) groups excluding carboxylic acids is 1. The molecule has 1 atom stereocenters. The first kappa shape index (κ1) is 15.9. The van der Waals surface area contributed by atoms with E-state index < -0.39 is 17.8 Å². The minimum Gasteiger partial charge on any atom is -0.380 e. The fourth-order valence-electron chi connectivity index (χ4n) is 2.31. The zero-order valence-electron chi connectivity index (χ0n) is 12.1. The molecular weight excluding hydrogens is 278 g/mol. The third kappa shape index (κ3) is 3.98. The van der Waals surface area contributed by atoms with Gasteiger partial charge in [-0.25, -0.2) is 8.78 Å². The van der Waals surface area contributed by atoms with E-state index in [4.69, 9.17) is 4.74 Å². The first-order valence-electron chi connectivity index (χ1n) is 7.19. The number of unbranched alkanes of at least 4 members (excludes halogenated alkanes) is 1. The third-order valence-electron chi connectivity index (χ3n) is 3.45. The van der Waals surface area contributed by atoms with Crippen molar-refractivity contribution in [1.82, 2.24) is 10.2 Å². The second-order valence-electron chi connectivity index (χ2n) is 5.00. The van der Waals surface area contributed by atoms with Crippen molar-refractivity contribution in [2.75, 3.05) is 26.3 Å². The van der Waals surface area contributed by atoms with Gasteiger partial charge in [-0.15, -0.1) is 0 Å². The first-order chi connectivity index (χ1) is 10.1. The molecule has 0 saturated carbocycles. The van der Waals surface area contributed by atoms with Gasteiger partial charge in [-0.05, 0) is 18.6 Å². The second-order valence-corrected chi connectivity index (χ2v) is 5.00. The summed E-state index contributed by atoms with van der Waals surface area (Å²) in [6.07, 6.45) is 1.46. The molecule has 0 aliphatic carbocycles. The van der Waals surface area contributed by atoms with Crippen LogP contribution < -0.4 is 5.32 Å². The lowest BCUT2D eigenvalue weighted by Crippen LogP contribution is -2.34. The number of ether oxygens (including phenoxy) is 1. The number of carbonyl (C=O) groups is 1. The number of benzene rings is 1. The lowest BCUT2D eigenvalue weighted by atomic mass is 10.1. The third-order valence-corrected chi connectivity index (χ3v) is 3.45. The summed E-state index contributed by atoms with van der Waals surface area (Å²) in [7, 11) is 0. The molecule has 21 heavy (non-hydrogen) atoms. The molecule has 0 aromatic heterocycles. The lowest BCUT2D eigenvalue weighted by molar-refractivity contribution is -0.128. The molecule has 1 aliphatic heterocycles. The smallest absolute Gasteiger partial charge is 0.238 e. The fraction of sp³-hybridized carbons (Fsp3) is 0.533. The minimum absolute atomic E-state index is 0.109. The molecule has 0 bridgehead atoms. The predicted molar refractivity (Wildman–Crippen MR) is 74.5 cm³/mol. The summed E-state index contributed by atoms with van der Waals surface area (Å²) in [5.74, 6) is -1.39. The van der Waals surface area contributed by atoms with Crippen molar-refractivity contribution in [2.24, 2.45) is 0 Å². The van der Waals surface area contributed by atoms with Gasteiger partial charge in [-0.2, -0.15) is 0 Å². The summed E-state index contributed by atoms with van der Waals surface area (Å²) in [4.78, 5) is 13.4. The van der Waals surface area contributed by atoms with Crippen molar-refractivity contribution in [1.29, 1.82) is 0 Å². The Labute approximate surface area is 123 Å². The van der Waals surface area contributed by atoms with Gasteiger partial charge < -0.3 is 9.64 Å². The van der Waals surface area contributed by atoms with Gasteiger partial charge in [-0.1, -0.05) is 13.3 Å². The fourth-order valence-corrected chi connectivity index (χ4v) is 2.31. The molecule has 1 amide bonds. The summed E-state index contributed by atoms with van der Waals surface area (Å²) < 4.78 is 32.3. The second kappa shape index (κ2) is 7.47. The van der Waals surface area contributed by atoms with Gasteiger partial charge in [0, 0.05) is 24.8 Å². The molecule has 1 unspecified atom stereocenters. The summed E-state index contributed by atoms with van der Waals surface area (Å²) in [5.41, 5.74) is 0.274. The Bertz CT molecular complexity index is 497. The largest absolute Gasteiger partial charge is 0.380 e. The average molecular weight is 298 g/mol. The van der Waals surface area contributed by atoms with E-state index in [2.05, 4.69) is 12.2 Å². The van der Waals surface area contributed by atoms with Crippen LogP contribution in [-0.4, -0.2) is 37.1 Å². The maximum Gasteiger partial charge on any atom is 0.238 e. The van der Waals surface area contributed by atoms with Crippen molar-refractivity contribution in [3.8, 4) is 0 Å². The summed E-state index contributed by atoms with van der Waals surface area (Å²) in [6, 6.07) is 3.39. The Morgan fingerprint density at radius 2 is 2.19 bits per heavy atom. The summed E-state index contributed by atoms with van der Waals surface area (Å²) in [6.45, 7) is 3.67. The van der Waals surface area contributed by atoms with Crippen LogP contribution in [0.25, 0.3) is 0 Å². The van der Waals surface area contributed by atoms with E-state index >= 15 is 0 Å². The highest BCUT2D eigenvalue weighted by atomic mass is 19.1. The van der Waals surface area contributed by atoms with Crippen LogP contribution in [0.4, 0.5) is 8.78 Å². The van der Waals surface area contributed by atoms with Gasteiger partial charge in [-0.3, -0.25) is 10.1 Å². The zero-order chi connectivity index (χ0) is 15.2. The van der Waals surface area contributed by atoms with Gasteiger partial charge in [0.05, 0.1) is 13.2 Å². The maximum absolute atomic E-state index is 13.8. The number of hydrogen-bond donors (Lipinski definition) is 1. The lowest BCUT2D eigenvalue weighted by Gasteiger charge is -2.25. The quantitative estimate of drug-likeness (QED) is 0.785. The normalized spacial score (nSPS) is 18.5. The standard InChI is InChI=1S/C15H20F2N2O2/c1-2-3-7-21-8-6-19-14(20)10-18-15(19)12-5-4-11(16)9-13(12)17/h4-5,9,15,18H,2-3,6-8,10H2,1H3. The van der Waals surface area contributed by atoms with E-state index in [1.165, 1.54) is 17.0 Å². The molecule has 1 fully saturated rings. The highest BCUT2D eigenvalue weighted by Crippen LogP contribution is 2.25. The summed E-state index contributed by atoms with van der Waals surface area (Å²) >= 11 is 0. The predicted octanol–water partition coefficient (Wildman–Crippen LogP) is 2.21. The highest BCUT2D eigenvalue weighted by Gasteiger charge is 2.32. The van der Waals surface area contributed by atoms with Crippen molar-refractivity contribution < 1.29 is 18.3 Å². The molecule has 6 heteroatoms. The van der Waals surface area contributed by atoms with Crippen LogP contribution in [0.1, 0.15) is 31.5 Å². The highest BCUT2D eigenvalue weighted by molar-refractivity contribution is 5.80. The van der Waals surface area contributed by atoms with Crippen LogP contribution in [-0.2, 0) is 9.53 Å². The Kier molecular flexibility index (Phi) is 5.64. The molecule has 1 aromatic carbocycles. The summed E-state index contributed by atoms with van der Waals surface area (Å²) in [5, 5.41) is 2.94. The van der Waals surface area contributed by atoms with E-state index in [1.54, 1.807) is 0 Å². The molecular formula is C15H20F2N2O2.